The van der Waals surface area contributed by atoms with Crippen molar-refractivity contribution < 1.29 is 9.84 Å². The number of nitrogens with zero attached hydrogens (tertiary/aromatic N) is 2. The summed E-state index contributed by atoms with van der Waals surface area (Å²) >= 11 is 0. The molecular weight excluding hydrogens is 264 g/mol. The fourth-order valence-electron chi connectivity index (χ4n) is 2.37. The van der Waals surface area contributed by atoms with Gasteiger partial charge in [-0.25, -0.2) is 0 Å². The lowest BCUT2D eigenvalue weighted by Crippen LogP contribution is -2.31. The average Bonchev–Trinajstić information content (AvgIpc) is 2.46. The zero-order valence-corrected chi connectivity index (χ0v) is 13.9. The maximum Gasteiger partial charge on any atom is 0.125 e. The molecule has 0 radical (unpaired) electrons. The average molecular weight is 294 g/mol. The van der Waals surface area contributed by atoms with Crippen LogP contribution < -0.4 is 4.74 Å². The van der Waals surface area contributed by atoms with Crippen LogP contribution in [-0.4, -0.2) is 61.8 Å². The van der Waals surface area contributed by atoms with E-state index < -0.39 is 6.10 Å². The number of hydrogen-bond acceptors (Lipinski definition) is 4. The van der Waals surface area contributed by atoms with Crippen LogP contribution in [0.5, 0.6) is 5.75 Å². The molecule has 0 aliphatic rings. The second-order valence-electron chi connectivity index (χ2n) is 5.54. The van der Waals surface area contributed by atoms with Crippen LogP contribution in [0.1, 0.15) is 31.9 Å². The molecule has 120 valence electrons. The van der Waals surface area contributed by atoms with Crippen molar-refractivity contribution in [1.82, 2.24) is 9.80 Å². The molecule has 0 bridgehead atoms. The van der Waals surface area contributed by atoms with Crippen LogP contribution >= 0.6 is 0 Å². The van der Waals surface area contributed by atoms with E-state index in [0.29, 0.717) is 13.2 Å². The summed E-state index contributed by atoms with van der Waals surface area (Å²) in [5.74, 6) is 0.789. The van der Waals surface area contributed by atoms with Gasteiger partial charge in [-0.2, -0.15) is 0 Å². The Labute approximate surface area is 129 Å². The predicted molar refractivity (Wildman–Crippen MR) is 87.9 cm³/mol. The number of rotatable bonds is 10. The SMILES string of the molecule is CCOc1ccccc1C(O)CN(CC)CCCN(C)C. The molecule has 0 spiro atoms. The molecule has 0 saturated heterocycles. The van der Waals surface area contributed by atoms with E-state index in [2.05, 4.69) is 30.8 Å². The summed E-state index contributed by atoms with van der Waals surface area (Å²) in [6, 6.07) is 7.76. The van der Waals surface area contributed by atoms with Crippen LogP contribution in [0.25, 0.3) is 0 Å². The van der Waals surface area contributed by atoms with E-state index in [1.54, 1.807) is 0 Å². The van der Waals surface area contributed by atoms with Crippen LogP contribution in [0.2, 0.25) is 0 Å². The summed E-state index contributed by atoms with van der Waals surface area (Å²) in [6.45, 7) is 8.38. The first-order valence-corrected chi connectivity index (χ1v) is 7.85. The highest BCUT2D eigenvalue weighted by Crippen LogP contribution is 2.25. The molecule has 21 heavy (non-hydrogen) atoms. The van der Waals surface area contributed by atoms with Gasteiger partial charge in [0.05, 0.1) is 12.7 Å². The lowest BCUT2D eigenvalue weighted by Gasteiger charge is -2.25. The molecule has 0 aromatic heterocycles. The van der Waals surface area contributed by atoms with Crippen LogP contribution in [-0.2, 0) is 0 Å². The third-order valence-electron chi connectivity index (χ3n) is 3.54. The van der Waals surface area contributed by atoms with Crippen molar-refractivity contribution in [3.05, 3.63) is 29.8 Å². The molecule has 1 atom stereocenters. The Kier molecular flexibility index (Phi) is 8.35. The Hall–Kier alpha value is -1.10. The van der Waals surface area contributed by atoms with E-state index >= 15 is 0 Å². The minimum atomic E-state index is -0.507. The van der Waals surface area contributed by atoms with Gasteiger partial charge in [-0.15, -0.1) is 0 Å². The van der Waals surface area contributed by atoms with Crippen molar-refractivity contribution in [2.75, 3.05) is 46.9 Å². The fourth-order valence-corrected chi connectivity index (χ4v) is 2.37. The largest absolute Gasteiger partial charge is 0.493 e. The number of aliphatic hydroxyl groups excluding tert-OH is 1. The van der Waals surface area contributed by atoms with E-state index in [9.17, 15) is 5.11 Å². The second-order valence-corrected chi connectivity index (χ2v) is 5.54. The van der Waals surface area contributed by atoms with Crippen LogP contribution in [0.15, 0.2) is 24.3 Å². The first-order chi connectivity index (χ1) is 10.1. The third kappa shape index (κ3) is 6.46. The van der Waals surface area contributed by atoms with Crippen molar-refractivity contribution in [2.45, 2.75) is 26.4 Å². The van der Waals surface area contributed by atoms with Gasteiger partial charge in [0.2, 0.25) is 0 Å². The molecule has 1 aromatic carbocycles. The van der Waals surface area contributed by atoms with Gasteiger partial charge in [-0.05, 0) is 53.1 Å². The molecule has 0 saturated carbocycles. The summed E-state index contributed by atoms with van der Waals surface area (Å²) in [4.78, 5) is 4.48. The normalized spacial score (nSPS) is 12.9. The van der Waals surface area contributed by atoms with Gasteiger partial charge in [-0.1, -0.05) is 25.1 Å². The number of ether oxygens (including phenoxy) is 1. The highest BCUT2D eigenvalue weighted by Gasteiger charge is 2.16. The minimum Gasteiger partial charge on any atom is -0.493 e. The first kappa shape index (κ1) is 18.0. The van der Waals surface area contributed by atoms with E-state index in [-0.39, 0.29) is 0 Å². The molecule has 0 amide bonds. The van der Waals surface area contributed by atoms with Gasteiger partial charge in [0.1, 0.15) is 5.75 Å². The van der Waals surface area contributed by atoms with Crippen molar-refractivity contribution >= 4 is 0 Å². The monoisotopic (exact) mass is 294 g/mol. The third-order valence-corrected chi connectivity index (χ3v) is 3.54. The van der Waals surface area contributed by atoms with Gasteiger partial charge < -0.3 is 19.6 Å². The van der Waals surface area contributed by atoms with Gasteiger partial charge in [0.15, 0.2) is 0 Å². The maximum atomic E-state index is 10.5. The Bertz CT molecular complexity index is 396. The van der Waals surface area contributed by atoms with E-state index in [4.69, 9.17) is 4.74 Å². The van der Waals surface area contributed by atoms with Crippen LogP contribution in [0, 0.1) is 0 Å². The molecule has 4 heteroatoms. The van der Waals surface area contributed by atoms with Crippen molar-refractivity contribution in [3.63, 3.8) is 0 Å². The summed E-state index contributed by atoms with van der Waals surface area (Å²) < 4.78 is 5.60. The van der Waals surface area contributed by atoms with Crippen LogP contribution in [0.3, 0.4) is 0 Å². The Morgan fingerprint density at radius 2 is 1.86 bits per heavy atom. The zero-order chi connectivity index (χ0) is 15.7. The molecule has 0 aliphatic heterocycles. The predicted octanol–water partition coefficient (Wildman–Crippen LogP) is 2.39. The topological polar surface area (TPSA) is 35.9 Å². The van der Waals surface area contributed by atoms with Crippen molar-refractivity contribution in [2.24, 2.45) is 0 Å². The molecule has 0 fully saturated rings. The molecule has 0 heterocycles. The Balaban J connectivity index is 2.59. The van der Waals surface area contributed by atoms with Gasteiger partial charge >= 0.3 is 0 Å². The summed E-state index contributed by atoms with van der Waals surface area (Å²) in [6.07, 6.45) is 0.604. The lowest BCUT2D eigenvalue weighted by molar-refractivity contribution is 0.111. The highest BCUT2D eigenvalue weighted by molar-refractivity contribution is 5.35. The standard InChI is InChI=1S/C17H30N2O2/c1-5-19(13-9-12-18(3)4)14-16(20)15-10-7-8-11-17(15)21-6-2/h7-8,10-11,16,20H,5-6,9,12-14H2,1-4H3. The molecule has 0 aliphatic carbocycles. The molecule has 1 unspecified atom stereocenters. The van der Waals surface area contributed by atoms with E-state index in [0.717, 1.165) is 37.4 Å². The summed E-state index contributed by atoms with van der Waals surface area (Å²) in [5, 5.41) is 10.5. The molecule has 1 rings (SSSR count). The summed E-state index contributed by atoms with van der Waals surface area (Å²) in [5.41, 5.74) is 0.880. The minimum absolute atomic E-state index is 0.507. The molecular formula is C17H30N2O2. The molecule has 1 N–H and O–H groups in total. The maximum absolute atomic E-state index is 10.5. The van der Waals surface area contributed by atoms with E-state index in [1.807, 2.05) is 31.2 Å². The Morgan fingerprint density at radius 1 is 1.14 bits per heavy atom. The number of aliphatic hydroxyl groups is 1. The molecule has 4 nitrogen and oxygen atoms in total. The van der Waals surface area contributed by atoms with E-state index in [1.165, 1.54) is 0 Å². The number of benzene rings is 1. The van der Waals surface area contributed by atoms with Gasteiger partial charge in [0.25, 0.3) is 0 Å². The highest BCUT2D eigenvalue weighted by atomic mass is 16.5. The van der Waals surface area contributed by atoms with Crippen molar-refractivity contribution in [1.29, 1.82) is 0 Å². The van der Waals surface area contributed by atoms with Crippen molar-refractivity contribution in [3.8, 4) is 5.75 Å². The number of likely N-dealkylation sites (N-methyl/N-ethyl adjacent to an activating group) is 1. The smallest absolute Gasteiger partial charge is 0.125 e. The first-order valence-electron chi connectivity index (χ1n) is 7.85. The fraction of sp³-hybridized carbons (Fsp3) is 0.647. The number of para-hydroxylation sites is 1. The summed E-state index contributed by atoms with van der Waals surface area (Å²) in [7, 11) is 4.17. The second kappa shape index (κ2) is 9.77. The lowest BCUT2D eigenvalue weighted by atomic mass is 10.1. The van der Waals surface area contributed by atoms with Crippen LogP contribution in [0.4, 0.5) is 0 Å². The quantitative estimate of drug-likeness (QED) is 0.719. The number of hydrogen-bond donors (Lipinski definition) is 1. The van der Waals surface area contributed by atoms with Gasteiger partial charge in [0, 0.05) is 12.1 Å². The van der Waals surface area contributed by atoms with Gasteiger partial charge in [-0.3, -0.25) is 0 Å². The zero-order valence-electron chi connectivity index (χ0n) is 13.9. The Morgan fingerprint density at radius 3 is 2.48 bits per heavy atom. The molecule has 1 aromatic rings.